The molecule has 0 aliphatic carbocycles. The Bertz CT molecular complexity index is 158. The molecule has 0 fully saturated rings. The highest BCUT2D eigenvalue weighted by atomic mass is 16.5. The first-order chi connectivity index (χ1) is 5.68. The summed E-state index contributed by atoms with van der Waals surface area (Å²) in [6.45, 7) is 7.18. The van der Waals surface area contributed by atoms with Crippen LogP contribution in [0.5, 0.6) is 0 Å². The second-order valence-electron chi connectivity index (χ2n) is 2.03. The molecule has 0 amide bonds. The fourth-order valence-electron chi connectivity index (χ4n) is 0.360. The van der Waals surface area contributed by atoms with Crippen LogP contribution in [0.2, 0.25) is 0 Å². The van der Waals surface area contributed by atoms with Crippen molar-refractivity contribution in [1.29, 1.82) is 5.26 Å². The second-order valence-corrected chi connectivity index (χ2v) is 2.03. The van der Waals surface area contributed by atoms with Gasteiger partial charge in [-0.3, -0.25) is 4.79 Å². The van der Waals surface area contributed by atoms with Gasteiger partial charge in [0, 0.05) is 13.0 Å². The van der Waals surface area contributed by atoms with E-state index in [-0.39, 0.29) is 5.97 Å². The number of ether oxygens (including phenoxy) is 1. The Morgan fingerprint density at radius 2 is 2.25 bits per heavy atom. The molecule has 0 rings (SSSR count). The highest BCUT2D eigenvalue weighted by molar-refractivity contribution is 5.65. The van der Waals surface area contributed by atoms with Crippen molar-refractivity contribution in [2.24, 2.45) is 0 Å². The van der Waals surface area contributed by atoms with Crippen molar-refractivity contribution in [2.45, 2.75) is 26.7 Å². The molecule has 0 aliphatic heterocycles. The lowest BCUT2D eigenvalue weighted by atomic mass is 10.4. The molecule has 0 unspecified atom stereocenters. The van der Waals surface area contributed by atoms with Crippen LogP contribution in [0.4, 0.5) is 0 Å². The van der Waals surface area contributed by atoms with Gasteiger partial charge in [-0.05, 0) is 6.42 Å². The van der Waals surface area contributed by atoms with Crippen molar-refractivity contribution in [3.8, 4) is 6.07 Å². The number of unbranched alkanes of at least 4 members (excludes halogenated alkanes) is 1. The van der Waals surface area contributed by atoms with Crippen LogP contribution in [-0.2, 0) is 9.53 Å². The maximum absolute atomic E-state index is 10.1. The Morgan fingerprint density at radius 3 is 2.50 bits per heavy atom. The van der Waals surface area contributed by atoms with E-state index in [0.29, 0.717) is 6.61 Å². The van der Waals surface area contributed by atoms with Crippen molar-refractivity contribution in [2.75, 3.05) is 6.61 Å². The monoisotopic (exact) mass is 169 g/mol. The van der Waals surface area contributed by atoms with Crippen LogP contribution in [0.3, 0.4) is 0 Å². The summed E-state index contributed by atoms with van der Waals surface area (Å²) in [7, 11) is 0. The molecule has 12 heavy (non-hydrogen) atoms. The molecule has 0 aromatic rings. The van der Waals surface area contributed by atoms with Crippen LogP contribution in [0.1, 0.15) is 26.7 Å². The predicted octanol–water partition coefficient (Wildman–Crippen LogP) is 2.05. The lowest BCUT2D eigenvalue weighted by Crippen LogP contribution is -1.99. The van der Waals surface area contributed by atoms with Crippen molar-refractivity contribution in [3.05, 3.63) is 12.7 Å². The van der Waals surface area contributed by atoms with Gasteiger partial charge < -0.3 is 4.74 Å². The Labute approximate surface area is 73.6 Å². The third-order valence-corrected chi connectivity index (χ3v) is 0.895. The topological polar surface area (TPSA) is 50.1 Å². The zero-order chi connectivity index (χ0) is 9.82. The third kappa shape index (κ3) is 23.4. The summed E-state index contributed by atoms with van der Waals surface area (Å²) in [4.78, 5) is 10.1. The maximum atomic E-state index is 10.1. The Balaban J connectivity index is 0. The number of rotatable bonds is 3. The summed E-state index contributed by atoms with van der Waals surface area (Å²) in [5.74, 6) is -0.182. The molecule has 0 N–H and O–H groups in total. The molecule has 68 valence electrons. The van der Waals surface area contributed by atoms with E-state index in [0.717, 1.165) is 12.8 Å². The predicted molar refractivity (Wildman–Crippen MR) is 47.4 cm³/mol. The molecule has 0 aromatic heterocycles. The molecule has 0 heterocycles. The zero-order valence-electron chi connectivity index (χ0n) is 7.67. The van der Waals surface area contributed by atoms with Crippen molar-refractivity contribution in [1.82, 2.24) is 0 Å². The van der Waals surface area contributed by atoms with Gasteiger partial charge in [-0.25, -0.2) is 0 Å². The Hall–Kier alpha value is -1.30. The summed E-state index contributed by atoms with van der Waals surface area (Å²) in [5.41, 5.74) is 0. The SMILES string of the molecule is C=CC#N.CCCCOC(C)=O. The summed E-state index contributed by atoms with van der Waals surface area (Å²) in [6, 6.07) is 1.69. The molecule has 0 saturated carbocycles. The van der Waals surface area contributed by atoms with E-state index >= 15 is 0 Å². The number of allylic oxidation sites excluding steroid dienone is 1. The van der Waals surface area contributed by atoms with E-state index < -0.39 is 0 Å². The van der Waals surface area contributed by atoms with E-state index in [9.17, 15) is 4.79 Å². The fourth-order valence-corrected chi connectivity index (χ4v) is 0.360. The number of nitrogens with zero attached hydrogens (tertiary/aromatic N) is 1. The van der Waals surface area contributed by atoms with E-state index in [1.54, 1.807) is 6.07 Å². The summed E-state index contributed by atoms with van der Waals surface area (Å²) >= 11 is 0. The first-order valence-electron chi connectivity index (χ1n) is 3.82. The molecule has 0 radical (unpaired) electrons. The molecular formula is C9H15NO2. The summed E-state index contributed by atoms with van der Waals surface area (Å²) in [6.07, 6.45) is 3.23. The highest BCUT2D eigenvalue weighted by Gasteiger charge is 1.88. The smallest absolute Gasteiger partial charge is 0.302 e. The number of nitriles is 1. The molecule has 0 bridgehead atoms. The maximum Gasteiger partial charge on any atom is 0.302 e. The average molecular weight is 169 g/mol. The minimum atomic E-state index is -0.182. The lowest BCUT2D eigenvalue weighted by Gasteiger charge is -1.96. The summed E-state index contributed by atoms with van der Waals surface area (Å²) < 4.78 is 4.64. The number of carbonyl (C=O) groups is 1. The van der Waals surface area contributed by atoms with Gasteiger partial charge >= 0.3 is 5.97 Å². The van der Waals surface area contributed by atoms with Crippen LogP contribution < -0.4 is 0 Å². The fraction of sp³-hybridized carbons (Fsp3) is 0.556. The minimum absolute atomic E-state index is 0.182. The third-order valence-electron chi connectivity index (χ3n) is 0.895. The number of esters is 1. The second kappa shape index (κ2) is 12.4. The normalized spacial score (nSPS) is 7.08. The van der Waals surface area contributed by atoms with Crippen molar-refractivity contribution < 1.29 is 9.53 Å². The minimum Gasteiger partial charge on any atom is -0.466 e. The average Bonchev–Trinajstić information content (AvgIpc) is 2.05. The van der Waals surface area contributed by atoms with Crippen molar-refractivity contribution >= 4 is 5.97 Å². The van der Waals surface area contributed by atoms with Crippen molar-refractivity contribution in [3.63, 3.8) is 0 Å². The number of hydrogen-bond donors (Lipinski definition) is 0. The largest absolute Gasteiger partial charge is 0.466 e. The van der Waals surface area contributed by atoms with E-state index in [2.05, 4.69) is 18.2 Å². The van der Waals surface area contributed by atoms with Crippen LogP contribution in [0.15, 0.2) is 12.7 Å². The van der Waals surface area contributed by atoms with Gasteiger partial charge in [0.15, 0.2) is 0 Å². The van der Waals surface area contributed by atoms with Gasteiger partial charge in [0.1, 0.15) is 0 Å². The van der Waals surface area contributed by atoms with E-state index in [4.69, 9.17) is 5.26 Å². The van der Waals surface area contributed by atoms with Gasteiger partial charge in [-0.15, -0.1) is 0 Å². The van der Waals surface area contributed by atoms with Gasteiger partial charge in [0.2, 0.25) is 0 Å². The van der Waals surface area contributed by atoms with Gasteiger partial charge in [0.05, 0.1) is 12.7 Å². The first-order valence-corrected chi connectivity index (χ1v) is 3.82. The zero-order valence-corrected chi connectivity index (χ0v) is 7.67. The van der Waals surface area contributed by atoms with Crippen LogP contribution in [-0.4, -0.2) is 12.6 Å². The van der Waals surface area contributed by atoms with Gasteiger partial charge in [0.25, 0.3) is 0 Å². The highest BCUT2D eigenvalue weighted by Crippen LogP contribution is 1.86. The molecule has 0 aliphatic rings. The molecular weight excluding hydrogens is 154 g/mol. The number of hydrogen-bond acceptors (Lipinski definition) is 3. The Kier molecular flexibility index (Phi) is 13.7. The number of carbonyl (C=O) groups excluding carboxylic acids is 1. The molecule has 3 nitrogen and oxygen atoms in total. The van der Waals surface area contributed by atoms with Crippen LogP contribution in [0, 0.1) is 11.3 Å². The molecule has 0 saturated heterocycles. The molecule has 0 atom stereocenters. The van der Waals surface area contributed by atoms with Gasteiger partial charge in [-0.2, -0.15) is 5.26 Å². The van der Waals surface area contributed by atoms with Crippen LogP contribution >= 0.6 is 0 Å². The van der Waals surface area contributed by atoms with Crippen LogP contribution in [0.25, 0.3) is 0 Å². The quantitative estimate of drug-likeness (QED) is 0.369. The molecule has 0 spiro atoms. The first kappa shape index (κ1) is 13.3. The lowest BCUT2D eigenvalue weighted by molar-refractivity contribution is -0.141. The van der Waals surface area contributed by atoms with Gasteiger partial charge in [-0.1, -0.05) is 19.9 Å². The van der Waals surface area contributed by atoms with E-state index in [1.165, 1.54) is 13.0 Å². The molecule has 3 heteroatoms. The standard InChI is InChI=1S/C6H12O2.C3H3N/c1-3-4-5-8-6(2)7;1-2-3-4/h3-5H2,1-2H3;2H,1H2. The Morgan fingerprint density at radius 1 is 1.75 bits per heavy atom. The summed E-state index contributed by atoms with van der Waals surface area (Å²) in [5, 5.41) is 7.51. The molecule has 0 aromatic carbocycles. The van der Waals surface area contributed by atoms with E-state index in [1.807, 2.05) is 0 Å².